The van der Waals surface area contributed by atoms with Gasteiger partial charge in [-0.15, -0.1) is 0 Å². The molecule has 170 valence electrons. The molecule has 2 N–H and O–H groups in total. The van der Waals surface area contributed by atoms with Crippen LogP contribution in [0.25, 0.3) is 0 Å². The van der Waals surface area contributed by atoms with Crippen molar-refractivity contribution in [1.82, 2.24) is 20.4 Å². The predicted octanol–water partition coefficient (Wildman–Crippen LogP) is 0.294. The van der Waals surface area contributed by atoms with Crippen LogP contribution < -0.4 is 15.4 Å². The average molecular weight is 441 g/mol. The van der Waals surface area contributed by atoms with Gasteiger partial charge in [-0.05, 0) is 49.9 Å². The maximum atomic E-state index is 13.5. The van der Waals surface area contributed by atoms with Gasteiger partial charge in [-0.3, -0.25) is 19.2 Å². The fourth-order valence-electron chi connectivity index (χ4n) is 5.28. The van der Waals surface area contributed by atoms with Gasteiger partial charge in [0.25, 0.3) is 5.91 Å². The van der Waals surface area contributed by atoms with Crippen molar-refractivity contribution in [2.24, 2.45) is 5.92 Å². The summed E-state index contributed by atoms with van der Waals surface area (Å²) in [5, 5.41) is 5.95. The number of nitrogens with one attached hydrogen (secondary N) is 2. The number of methoxy groups -OCH3 is 1. The molecule has 0 spiro atoms. The highest BCUT2D eigenvalue weighted by atomic mass is 16.5. The zero-order valence-electron chi connectivity index (χ0n) is 18.1. The molecule has 1 aromatic rings. The Morgan fingerprint density at radius 2 is 1.88 bits per heavy atom. The van der Waals surface area contributed by atoms with Gasteiger partial charge in [-0.2, -0.15) is 0 Å². The lowest BCUT2D eigenvalue weighted by atomic mass is 9.84. The minimum atomic E-state index is -0.645. The van der Waals surface area contributed by atoms with Gasteiger partial charge in [0.15, 0.2) is 0 Å². The molecule has 5 rings (SSSR count). The van der Waals surface area contributed by atoms with E-state index in [4.69, 9.17) is 4.74 Å². The Balaban J connectivity index is 1.29. The molecule has 4 atom stereocenters. The van der Waals surface area contributed by atoms with Gasteiger partial charge in [0.1, 0.15) is 17.8 Å². The Labute approximate surface area is 186 Å². The first-order valence-electron chi connectivity index (χ1n) is 11.3. The van der Waals surface area contributed by atoms with Crippen LogP contribution >= 0.6 is 0 Å². The minimum absolute atomic E-state index is 0.00594. The van der Waals surface area contributed by atoms with Crippen LogP contribution in [0.5, 0.6) is 5.75 Å². The van der Waals surface area contributed by atoms with E-state index in [1.165, 1.54) is 0 Å². The van der Waals surface area contributed by atoms with Gasteiger partial charge in [0, 0.05) is 30.6 Å². The third kappa shape index (κ3) is 3.49. The Bertz CT molecular complexity index is 944. The van der Waals surface area contributed by atoms with Gasteiger partial charge >= 0.3 is 0 Å². The number of carbonyl (C=O) groups is 4. The third-order valence-corrected chi connectivity index (χ3v) is 7.29. The van der Waals surface area contributed by atoms with Crippen LogP contribution in [0.4, 0.5) is 0 Å². The van der Waals surface area contributed by atoms with E-state index in [9.17, 15) is 19.2 Å². The third-order valence-electron chi connectivity index (χ3n) is 7.29. The van der Waals surface area contributed by atoms with Crippen LogP contribution in [-0.2, 0) is 14.4 Å². The fraction of sp³-hybridized carbons (Fsp3) is 0.565. The molecule has 4 amide bonds. The van der Waals surface area contributed by atoms with Gasteiger partial charge in [0.05, 0.1) is 13.2 Å². The molecule has 3 saturated heterocycles. The lowest BCUT2D eigenvalue weighted by molar-refractivity contribution is -0.148. The van der Waals surface area contributed by atoms with Crippen molar-refractivity contribution in [3.63, 3.8) is 0 Å². The number of nitrogens with zero attached hydrogens (tertiary/aromatic N) is 2. The van der Waals surface area contributed by atoms with Crippen molar-refractivity contribution in [1.29, 1.82) is 0 Å². The second kappa shape index (κ2) is 8.11. The SMILES string of the molecule is COc1ccc(C(=O)N[C@H]2C[C@@H]3C(=O)N[C@H]4CCN(C(=O)C5CCC5)[C@@H]4C(=O)N3C2)cc1. The molecular formula is C23H28N4O5. The highest BCUT2D eigenvalue weighted by Crippen LogP contribution is 2.34. The maximum absolute atomic E-state index is 13.5. The number of benzene rings is 1. The molecule has 0 unspecified atom stereocenters. The minimum Gasteiger partial charge on any atom is -0.497 e. The molecule has 4 fully saturated rings. The number of fused-ring (bicyclic) bond motifs is 2. The topological polar surface area (TPSA) is 108 Å². The van der Waals surface area contributed by atoms with Crippen molar-refractivity contribution in [3.8, 4) is 5.75 Å². The number of likely N-dealkylation sites (tertiary alicyclic amines) is 1. The number of hydrogen-bond donors (Lipinski definition) is 2. The number of carbonyl (C=O) groups excluding carboxylic acids is 4. The largest absolute Gasteiger partial charge is 0.497 e. The Morgan fingerprint density at radius 1 is 1.12 bits per heavy atom. The average Bonchev–Trinajstić information content (AvgIpc) is 3.34. The first-order chi connectivity index (χ1) is 15.5. The summed E-state index contributed by atoms with van der Waals surface area (Å²) in [6, 6.07) is 4.82. The lowest BCUT2D eigenvalue weighted by Crippen LogP contribution is -2.54. The van der Waals surface area contributed by atoms with E-state index in [1.807, 2.05) is 0 Å². The van der Waals surface area contributed by atoms with E-state index in [0.717, 1.165) is 19.3 Å². The zero-order chi connectivity index (χ0) is 22.4. The molecular weight excluding hydrogens is 412 g/mol. The number of ether oxygens (including phenoxy) is 1. The van der Waals surface area contributed by atoms with Crippen molar-refractivity contribution in [2.45, 2.75) is 56.3 Å². The van der Waals surface area contributed by atoms with Crippen LogP contribution in [0.2, 0.25) is 0 Å². The Kier molecular flexibility index (Phi) is 5.27. The summed E-state index contributed by atoms with van der Waals surface area (Å²) in [6.45, 7) is 0.750. The van der Waals surface area contributed by atoms with E-state index < -0.39 is 12.1 Å². The molecule has 1 aromatic carbocycles. The van der Waals surface area contributed by atoms with E-state index in [1.54, 1.807) is 41.2 Å². The summed E-state index contributed by atoms with van der Waals surface area (Å²) in [6.07, 6.45) is 3.75. The zero-order valence-corrected chi connectivity index (χ0v) is 18.1. The normalized spacial score (nSPS) is 29.5. The van der Waals surface area contributed by atoms with Gasteiger partial charge in [-0.25, -0.2) is 0 Å². The second-order valence-corrected chi connectivity index (χ2v) is 9.15. The van der Waals surface area contributed by atoms with Crippen molar-refractivity contribution in [3.05, 3.63) is 29.8 Å². The number of hydrogen-bond acceptors (Lipinski definition) is 5. The molecule has 0 bridgehead atoms. The summed E-state index contributed by atoms with van der Waals surface area (Å²) >= 11 is 0. The van der Waals surface area contributed by atoms with Crippen molar-refractivity contribution in [2.75, 3.05) is 20.2 Å². The molecule has 1 aliphatic carbocycles. The van der Waals surface area contributed by atoms with Gasteiger partial charge < -0.3 is 25.2 Å². The maximum Gasteiger partial charge on any atom is 0.251 e. The van der Waals surface area contributed by atoms with E-state index >= 15 is 0 Å². The molecule has 9 heteroatoms. The van der Waals surface area contributed by atoms with Crippen LogP contribution in [-0.4, -0.2) is 77.8 Å². The summed E-state index contributed by atoms with van der Waals surface area (Å²) in [5.41, 5.74) is 0.483. The first kappa shape index (κ1) is 20.8. The smallest absolute Gasteiger partial charge is 0.251 e. The Hall–Kier alpha value is -3.10. The van der Waals surface area contributed by atoms with Gasteiger partial charge in [-0.1, -0.05) is 6.42 Å². The highest BCUT2D eigenvalue weighted by molar-refractivity contribution is 5.98. The van der Waals surface area contributed by atoms with Crippen LogP contribution in [0.3, 0.4) is 0 Å². The summed E-state index contributed by atoms with van der Waals surface area (Å²) in [7, 11) is 1.56. The summed E-state index contributed by atoms with van der Waals surface area (Å²) in [4.78, 5) is 55.2. The number of rotatable bonds is 4. The molecule has 0 aromatic heterocycles. The van der Waals surface area contributed by atoms with E-state index in [0.29, 0.717) is 30.7 Å². The molecule has 32 heavy (non-hydrogen) atoms. The molecule has 3 heterocycles. The second-order valence-electron chi connectivity index (χ2n) is 9.15. The highest BCUT2D eigenvalue weighted by Gasteiger charge is 2.53. The van der Waals surface area contributed by atoms with Crippen LogP contribution in [0, 0.1) is 5.92 Å². The summed E-state index contributed by atoms with van der Waals surface area (Å²) < 4.78 is 5.12. The molecule has 9 nitrogen and oxygen atoms in total. The standard InChI is InChI=1S/C23H28N4O5/c1-32-16-7-5-13(6-8-16)20(28)24-15-11-18-21(29)25-17-9-10-26(22(30)14-3-2-4-14)19(17)23(31)27(18)12-15/h5-8,14-15,17-19H,2-4,9-12H2,1H3,(H,24,28)(H,25,29)/t15-,17-,18+,19-/m0/s1. The van der Waals surface area contributed by atoms with Crippen molar-refractivity contribution < 1.29 is 23.9 Å². The monoisotopic (exact) mass is 440 g/mol. The quantitative estimate of drug-likeness (QED) is 0.700. The molecule has 3 aliphatic heterocycles. The predicted molar refractivity (Wildman–Crippen MR) is 114 cm³/mol. The van der Waals surface area contributed by atoms with E-state index in [-0.39, 0.29) is 48.2 Å². The first-order valence-corrected chi connectivity index (χ1v) is 11.3. The number of amides is 4. The summed E-state index contributed by atoms with van der Waals surface area (Å²) in [5.74, 6) is 0.0448. The fourth-order valence-corrected chi connectivity index (χ4v) is 5.28. The Morgan fingerprint density at radius 3 is 2.53 bits per heavy atom. The lowest BCUT2D eigenvalue weighted by Gasteiger charge is -2.34. The molecule has 4 aliphatic rings. The van der Waals surface area contributed by atoms with Crippen molar-refractivity contribution >= 4 is 23.6 Å². The van der Waals surface area contributed by atoms with Crippen LogP contribution in [0.15, 0.2) is 24.3 Å². The van der Waals surface area contributed by atoms with Gasteiger partial charge in [0.2, 0.25) is 17.7 Å². The molecule has 0 radical (unpaired) electrons. The van der Waals surface area contributed by atoms with E-state index in [2.05, 4.69) is 10.6 Å². The molecule has 1 saturated carbocycles. The van der Waals surface area contributed by atoms with Crippen LogP contribution in [0.1, 0.15) is 42.5 Å².